The molecular weight excluding hydrogens is 316 g/mol. The molecule has 0 unspecified atom stereocenters. The lowest BCUT2D eigenvalue weighted by Gasteiger charge is -2.47. The van der Waals surface area contributed by atoms with Crippen LogP contribution >= 0.6 is 0 Å². The summed E-state index contributed by atoms with van der Waals surface area (Å²) >= 11 is 0. The molecule has 7 heteroatoms. The van der Waals surface area contributed by atoms with Crippen LogP contribution in [0.15, 0.2) is 24.3 Å². The summed E-state index contributed by atoms with van der Waals surface area (Å²) in [6.45, 7) is 6.44. The average molecular weight is 340 g/mol. The van der Waals surface area contributed by atoms with Crippen LogP contribution in [0, 0.1) is 5.92 Å². The van der Waals surface area contributed by atoms with E-state index in [2.05, 4.69) is 32.4 Å². The van der Waals surface area contributed by atoms with Gasteiger partial charge in [0.05, 0.1) is 6.42 Å². The summed E-state index contributed by atoms with van der Waals surface area (Å²) in [5, 5.41) is 14.0. The van der Waals surface area contributed by atoms with Crippen LogP contribution in [0.1, 0.15) is 25.3 Å². The normalized spacial score (nSPS) is 19.8. The highest BCUT2D eigenvalue weighted by Crippen LogP contribution is 2.23. The Morgan fingerprint density at radius 1 is 1.28 bits per heavy atom. The molecule has 2 aliphatic heterocycles. The number of hydrogen-bond donors (Lipinski definition) is 1. The maximum absolute atomic E-state index is 12.5. The van der Waals surface area contributed by atoms with Crippen LogP contribution in [-0.2, 0) is 11.2 Å². The first-order chi connectivity index (χ1) is 12.2. The van der Waals surface area contributed by atoms with Gasteiger partial charge in [-0.1, -0.05) is 25.1 Å². The molecule has 2 aromatic rings. The molecule has 3 heterocycles. The minimum Gasteiger partial charge on any atom is -0.339 e. The van der Waals surface area contributed by atoms with Crippen molar-refractivity contribution < 1.29 is 4.79 Å². The summed E-state index contributed by atoms with van der Waals surface area (Å²) in [4.78, 5) is 17.1. The third kappa shape index (κ3) is 3.56. The fourth-order valence-corrected chi connectivity index (χ4v) is 3.67. The van der Waals surface area contributed by atoms with E-state index < -0.39 is 0 Å². The van der Waals surface area contributed by atoms with Crippen molar-refractivity contribution in [2.24, 2.45) is 5.92 Å². The van der Waals surface area contributed by atoms with Gasteiger partial charge in [0.25, 0.3) is 0 Å². The van der Waals surface area contributed by atoms with E-state index in [-0.39, 0.29) is 5.91 Å². The van der Waals surface area contributed by atoms with Crippen molar-refractivity contribution in [1.82, 2.24) is 30.4 Å². The van der Waals surface area contributed by atoms with Crippen LogP contribution in [-0.4, -0.2) is 68.6 Å². The van der Waals surface area contributed by atoms with E-state index in [1.54, 1.807) is 0 Å². The van der Waals surface area contributed by atoms with Gasteiger partial charge in [-0.3, -0.25) is 9.69 Å². The average Bonchev–Trinajstić information content (AvgIpc) is 3.10. The van der Waals surface area contributed by atoms with E-state index in [0.29, 0.717) is 18.3 Å². The van der Waals surface area contributed by atoms with E-state index in [0.717, 1.165) is 30.1 Å². The van der Waals surface area contributed by atoms with E-state index in [9.17, 15) is 4.79 Å². The number of piperidine rings is 1. The van der Waals surface area contributed by atoms with Crippen molar-refractivity contribution in [1.29, 1.82) is 0 Å². The predicted molar refractivity (Wildman–Crippen MR) is 93.7 cm³/mol. The Bertz CT molecular complexity index is 717. The number of tetrazole rings is 1. The van der Waals surface area contributed by atoms with Crippen LogP contribution in [0.3, 0.4) is 0 Å². The summed E-state index contributed by atoms with van der Waals surface area (Å²) in [6, 6.07) is 8.36. The number of carbonyl (C=O) groups excluding carboxylic acids is 1. The molecule has 1 aromatic carbocycles. The van der Waals surface area contributed by atoms with Gasteiger partial charge in [0.1, 0.15) is 0 Å². The third-order valence-corrected chi connectivity index (χ3v) is 5.44. The molecule has 1 N–H and O–H groups in total. The molecular formula is C18H24N6O. The number of benzene rings is 1. The van der Waals surface area contributed by atoms with Crippen LogP contribution in [0.2, 0.25) is 0 Å². The Labute approximate surface area is 147 Å². The Morgan fingerprint density at radius 3 is 2.80 bits per heavy atom. The number of aromatic amines is 1. The summed E-state index contributed by atoms with van der Waals surface area (Å²) in [7, 11) is 0. The van der Waals surface area contributed by atoms with Crippen molar-refractivity contribution in [3.63, 3.8) is 0 Å². The van der Waals surface area contributed by atoms with E-state index in [1.165, 1.54) is 25.9 Å². The molecule has 0 saturated carbocycles. The molecule has 0 spiro atoms. The fourth-order valence-electron chi connectivity index (χ4n) is 3.67. The first kappa shape index (κ1) is 16.2. The van der Waals surface area contributed by atoms with Gasteiger partial charge in [-0.2, -0.15) is 5.21 Å². The molecule has 1 aromatic heterocycles. The predicted octanol–water partition coefficient (Wildman–Crippen LogP) is 1.35. The minimum absolute atomic E-state index is 0.201. The molecule has 0 aliphatic carbocycles. The van der Waals surface area contributed by atoms with Crippen molar-refractivity contribution in [3.8, 4) is 11.4 Å². The smallest absolute Gasteiger partial charge is 0.227 e. The number of carbonyl (C=O) groups is 1. The lowest BCUT2D eigenvalue weighted by Crippen LogP contribution is -2.62. The number of aromatic nitrogens is 4. The molecule has 0 atom stereocenters. The zero-order chi connectivity index (χ0) is 17.2. The molecule has 7 nitrogen and oxygen atoms in total. The number of rotatable bonds is 4. The lowest BCUT2D eigenvalue weighted by molar-refractivity contribution is -0.138. The van der Waals surface area contributed by atoms with Gasteiger partial charge in [-0.25, -0.2) is 0 Å². The third-order valence-electron chi connectivity index (χ3n) is 5.44. The van der Waals surface area contributed by atoms with E-state index in [1.807, 2.05) is 29.2 Å². The van der Waals surface area contributed by atoms with Gasteiger partial charge >= 0.3 is 0 Å². The molecule has 25 heavy (non-hydrogen) atoms. The number of hydrogen-bond acceptors (Lipinski definition) is 5. The van der Waals surface area contributed by atoms with Crippen LogP contribution in [0.4, 0.5) is 0 Å². The molecule has 2 aliphatic rings. The van der Waals surface area contributed by atoms with Gasteiger partial charge in [-0.15, -0.1) is 10.2 Å². The van der Waals surface area contributed by atoms with Crippen LogP contribution < -0.4 is 0 Å². The molecule has 132 valence electrons. The van der Waals surface area contributed by atoms with Crippen molar-refractivity contribution in [3.05, 3.63) is 29.8 Å². The van der Waals surface area contributed by atoms with E-state index >= 15 is 0 Å². The second kappa shape index (κ2) is 6.92. The summed E-state index contributed by atoms with van der Waals surface area (Å²) in [5.74, 6) is 1.60. The van der Waals surface area contributed by atoms with Crippen LogP contribution in [0.25, 0.3) is 11.4 Å². The van der Waals surface area contributed by atoms with Crippen molar-refractivity contribution in [2.75, 3.05) is 26.2 Å². The van der Waals surface area contributed by atoms with E-state index in [4.69, 9.17) is 0 Å². The van der Waals surface area contributed by atoms with Crippen molar-refractivity contribution in [2.45, 2.75) is 32.2 Å². The maximum atomic E-state index is 12.5. The SMILES string of the molecule is CC1CCN(C2CN(C(=O)Cc3cccc(-c4nn[nH]n4)c3)C2)CC1. The number of amides is 1. The molecule has 1 amide bonds. The summed E-state index contributed by atoms with van der Waals surface area (Å²) < 4.78 is 0. The minimum atomic E-state index is 0.201. The Morgan fingerprint density at radius 2 is 2.08 bits per heavy atom. The fraction of sp³-hybridized carbons (Fsp3) is 0.556. The standard InChI is InChI=1S/C18H24N6O/c1-13-5-7-23(8-6-13)16-11-24(12-16)17(25)10-14-3-2-4-15(9-14)18-19-21-22-20-18/h2-4,9,13,16H,5-8,10-12H2,1H3,(H,19,20,21,22). The molecule has 4 rings (SSSR count). The molecule has 0 radical (unpaired) electrons. The summed E-state index contributed by atoms with van der Waals surface area (Å²) in [6.07, 6.45) is 3.00. The topological polar surface area (TPSA) is 78.0 Å². The summed E-state index contributed by atoms with van der Waals surface area (Å²) in [5.41, 5.74) is 1.87. The largest absolute Gasteiger partial charge is 0.339 e. The number of H-pyrrole nitrogens is 1. The van der Waals surface area contributed by atoms with Gasteiger partial charge in [0, 0.05) is 24.7 Å². The lowest BCUT2D eigenvalue weighted by atomic mass is 9.95. The zero-order valence-electron chi connectivity index (χ0n) is 14.6. The quantitative estimate of drug-likeness (QED) is 0.909. The number of nitrogens with zero attached hydrogens (tertiary/aromatic N) is 5. The second-order valence-corrected chi connectivity index (χ2v) is 7.28. The van der Waals surface area contributed by atoms with Gasteiger partial charge in [-0.05, 0) is 48.7 Å². The van der Waals surface area contributed by atoms with Crippen LogP contribution in [0.5, 0.6) is 0 Å². The zero-order valence-corrected chi connectivity index (χ0v) is 14.6. The molecule has 2 fully saturated rings. The second-order valence-electron chi connectivity index (χ2n) is 7.28. The highest BCUT2D eigenvalue weighted by Gasteiger charge is 2.35. The molecule has 0 bridgehead atoms. The Hall–Kier alpha value is -2.28. The first-order valence-corrected chi connectivity index (χ1v) is 9.03. The highest BCUT2D eigenvalue weighted by molar-refractivity contribution is 5.80. The van der Waals surface area contributed by atoms with Gasteiger partial charge < -0.3 is 4.90 Å². The first-order valence-electron chi connectivity index (χ1n) is 9.03. The highest BCUT2D eigenvalue weighted by atomic mass is 16.2. The van der Waals surface area contributed by atoms with Crippen molar-refractivity contribution >= 4 is 5.91 Å². The Kier molecular flexibility index (Phi) is 4.48. The number of likely N-dealkylation sites (tertiary alicyclic amines) is 2. The van der Waals surface area contributed by atoms with Gasteiger partial charge in [0.2, 0.25) is 11.7 Å². The molecule has 2 saturated heterocycles. The number of nitrogens with one attached hydrogen (secondary N) is 1. The maximum Gasteiger partial charge on any atom is 0.227 e. The Balaban J connectivity index is 1.31. The monoisotopic (exact) mass is 340 g/mol. The van der Waals surface area contributed by atoms with Gasteiger partial charge in [0.15, 0.2) is 0 Å².